The van der Waals surface area contributed by atoms with Crippen molar-refractivity contribution in [3.63, 3.8) is 0 Å². The van der Waals surface area contributed by atoms with E-state index in [1.807, 2.05) is 24.3 Å². The minimum atomic E-state index is -1.08. The van der Waals surface area contributed by atoms with Gasteiger partial charge in [0.2, 0.25) is 5.88 Å². The molecular formula is C21H13N3O4S2. The van der Waals surface area contributed by atoms with Crippen LogP contribution < -0.4 is 16.2 Å². The number of thiazole rings is 1. The molecule has 0 bridgehead atoms. The summed E-state index contributed by atoms with van der Waals surface area (Å²) >= 11 is 6.51. The normalized spacial score (nSPS) is 12.3. The monoisotopic (exact) mass is 435 g/mol. The fourth-order valence-electron chi connectivity index (χ4n) is 3.23. The van der Waals surface area contributed by atoms with Gasteiger partial charge in [-0.15, -0.1) is 0 Å². The Morgan fingerprint density at radius 3 is 2.80 bits per heavy atom. The van der Waals surface area contributed by atoms with E-state index in [0.29, 0.717) is 25.3 Å². The van der Waals surface area contributed by atoms with Crippen molar-refractivity contribution in [1.29, 1.82) is 0 Å². The van der Waals surface area contributed by atoms with Gasteiger partial charge in [-0.3, -0.25) is 5.43 Å². The molecule has 7 nitrogen and oxygen atoms in total. The van der Waals surface area contributed by atoms with Crippen LogP contribution in [0.2, 0.25) is 0 Å². The molecule has 0 radical (unpaired) electrons. The molecule has 1 aliphatic heterocycles. The zero-order valence-corrected chi connectivity index (χ0v) is 16.8. The maximum Gasteiger partial charge on any atom is 0.337 e. The third kappa shape index (κ3) is 3.00. The molecule has 2 aromatic heterocycles. The smallest absolute Gasteiger partial charge is 0.337 e. The van der Waals surface area contributed by atoms with Crippen LogP contribution in [-0.2, 0) is 0 Å². The zero-order chi connectivity index (χ0) is 20.8. The third-order valence-corrected chi connectivity index (χ3v) is 5.91. The number of hydrogen-bond donors (Lipinski definition) is 3. The number of rotatable bonds is 4. The molecule has 2 aromatic carbocycles. The number of aromatic nitrogens is 1. The van der Waals surface area contributed by atoms with E-state index in [0.717, 1.165) is 16.3 Å². The average Bonchev–Trinajstić information content (AvgIpc) is 3.35. The van der Waals surface area contributed by atoms with Gasteiger partial charge in [0.1, 0.15) is 11.1 Å². The number of anilines is 1. The number of benzene rings is 2. The summed E-state index contributed by atoms with van der Waals surface area (Å²) in [7, 11) is 0. The lowest BCUT2D eigenvalue weighted by Gasteiger charge is -2.10. The van der Waals surface area contributed by atoms with Crippen molar-refractivity contribution in [1.82, 2.24) is 4.68 Å². The van der Waals surface area contributed by atoms with Gasteiger partial charge in [0.25, 0.3) is 0 Å². The minimum Gasteiger partial charge on any atom is -0.492 e. The quantitative estimate of drug-likeness (QED) is 0.374. The van der Waals surface area contributed by atoms with Crippen molar-refractivity contribution in [2.75, 3.05) is 5.43 Å². The van der Waals surface area contributed by atoms with Crippen LogP contribution in [0, 0.1) is 14.6 Å². The topological polar surface area (TPSA) is 100.0 Å². The van der Waals surface area contributed by atoms with Crippen molar-refractivity contribution in [3.05, 3.63) is 90.4 Å². The van der Waals surface area contributed by atoms with Crippen LogP contribution in [-0.4, -0.2) is 20.9 Å². The van der Waals surface area contributed by atoms with Gasteiger partial charge in [-0.1, -0.05) is 35.6 Å². The Hall–Kier alpha value is -3.69. The van der Waals surface area contributed by atoms with Gasteiger partial charge in [-0.25, -0.2) is 14.5 Å². The number of carboxylic acid groups (broad SMARTS) is 1. The highest BCUT2D eigenvalue weighted by atomic mass is 32.1. The second-order valence-corrected chi connectivity index (χ2v) is 8.17. The van der Waals surface area contributed by atoms with Crippen molar-refractivity contribution in [2.45, 2.75) is 0 Å². The molecule has 0 fully saturated rings. The lowest BCUT2D eigenvalue weighted by atomic mass is 10.2. The van der Waals surface area contributed by atoms with E-state index in [2.05, 4.69) is 10.4 Å². The van der Waals surface area contributed by atoms with Crippen LogP contribution in [0.25, 0.3) is 6.08 Å². The number of furan rings is 1. The Balaban J connectivity index is 1.58. The van der Waals surface area contributed by atoms with E-state index in [1.165, 1.54) is 22.1 Å². The Bertz CT molecular complexity index is 1600. The number of para-hydroxylation sites is 2. The fourth-order valence-corrected chi connectivity index (χ4v) is 4.40. The highest BCUT2D eigenvalue weighted by Crippen LogP contribution is 2.28. The van der Waals surface area contributed by atoms with Gasteiger partial charge in [0.05, 0.1) is 21.5 Å². The van der Waals surface area contributed by atoms with Gasteiger partial charge in [0, 0.05) is 17.4 Å². The van der Waals surface area contributed by atoms with E-state index < -0.39 is 5.97 Å². The van der Waals surface area contributed by atoms with E-state index >= 15 is 0 Å². The lowest BCUT2D eigenvalue weighted by Crippen LogP contribution is -2.12. The molecule has 0 saturated carbocycles. The Morgan fingerprint density at radius 1 is 1.20 bits per heavy atom. The second-order valence-electron chi connectivity index (χ2n) is 6.49. The summed E-state index contributed by atoms with van der Waals surface area (Å²) in [6.07, 6.45) is 1.67. The molecule has 9 heteroatoms. The van der Waals surface area contributed by atoms with Crippen LogP contribution in [0.15, 0.2) is 64.0 Å². The summed E-state index contributed by atoms with van der Waals surface area (Å²) in [5.74, 6) is -1.22. The van der Waals surface area contributed by atoms with Crippen LogP contribution in [0.5, 0.6) is 5.88 Å². The number of aromatic hydroxyl groups is 1. The molecule has 0 spiro atoms. The molecule has 0 unspecified atom stereocenters. The molecular weight excluding hydrogens is 422 g/mol. The molecule has 0 saturated heterocycles. The molecule has 3 heterocycles. The van der Waals surface area contributed by atoms with Gasteiger partial charge < -0.3 is 14.6 Å². The van der Waals surface area contributed by atoms with E-state index in [-0.39, 0.29) is 11.4 Å². The van der Waals surface area contributed by atoms with Gasteiger partial charge in [0.15, 0.2) is 9.37 Å². The Kier molecular flexibility index (Phi) is 4.27. The number of hydrogen-bond acceptors (Lipinski definition) is 7. The summed E-state index contributed by atoms with van der Waals surface area (Å²) in [5, 5.41) is 21.8. The summed E-state index contributed by atoms with van der Waals surface area (Å²) in [6, 6.07) is 15.9. The molecule has 148 valence electrons. The number of fused-ring (bicyclic) bond motifs is 2. The average molecular weight is 435 g/mol. The summed E-state index contributed by atoms with van der Waals surface area (Å²) in [5.41, 5.74) is 5.21. The zero-order valence-electron chi connectivity index (χ0n) is 15.2. The first-order valence-corrected chi connectivity index (χ1v) is 10.1. The van der Waals surface area contributed by atoms with Gasteiger partial charge in [-0.05, 0) is 36.5 Å². The Morgan fingerprint density at radius 2 is 1.97 bits per heavy atom. The first-order valence-electron chi connectivity index (χ1n) is 8.85. The van der Waals surface area contributed by atoms with Gasteiger partial charge in [-0.2, -0.15) is 0 Å². The van der Waals surface area contributed by atoms with Crippen molar-refractivity contribution >= 4 is 47.0 Å². The molecule has 30 heavy (non-hydrogen) atoms. The molecule has 0 aliphatic carbocycles. The van der Waals surface area contributed by atoms with Crippen LogP contribution >= 0.6 is 23.6 Å². The summed E-state index contributed by atoms with van der Waals surface area (Å²) < 4.78 is 7.53. The summed E-state index contributed by atoms with van der Waals surface area (Å²) in [6.45, 7) is 0. The third-order valence-electron chi connectivity index (χ3n) is 4.60. The predicted octanol–water partition coefficient (Wildman–Crippen LogP) is 3.53. The molecule has 1 aliphatic rings. The standard InChI is InChI=1S/C21H13N3O4S2/c25-19-17(10-11-9-16-18(28-11)12-5-1-3-7-14(12)22-16)30-21(29)24(19)23-15-8-4-2-6-13(15)20(26)27/h1-10,23,25H,(H,26,27). The molecule has 0 amide bonds. The highest BCUT2D eigenvalue weighted by molar-refractivity contribution is 7.73. The van der Waals surface area contributed by atoms with Crippen LogP contribution in [0.3, 0.4) is 0 Å². The number of carboxylic acids is 1. The van der Waals surface area contributed by atoms with Crippen molar-refractivity contribution < 1.29 is 19.4 Å². The fraction of sp³-hybridized carbons (Fsp3) is 0. The largest absolute Gasteiger partial charge is 0.492 e. The first kappa shape index (κ1) is 18.3. The lowest BCUT2D eigenvalue weighted by molar-refractivity contribution is 0.0698. The molecule has 3 N–H and O–H groups in total. The first-order chi connectivity index (χ1) is 14.5. The van der Waals surface area contributed by atoms with Gasteiger partial charge >= 0.3 is 5.97 Å². The molecule has 5 rings (SSSR count). The molecule has 4 aromatic rings. The van der Waals surface area contributed by atoms with Crippen molar-refractivity contribution in [2.24, 2.45) is 4.99 Å². The molecule has 0 atom stereocenters. The van der Waals surface area contributed by atoms with E-state index in [9.17, 15) is 15.0 Å². The van der Waals surface area contributed by atoms with Crippen LogP contribution in [0.4, 0.5) is 11.4 Å². The Labute approximate surface area is 177 Å². The van der Waals surface area contributed by atoms with Crippen molar-refractivity contribution in [3.8, 4) is 5.88 Å². The number of nitrogens with zero attached hydrogens (tertiary/aromatic N) is 2. The number of nitrogens with one attached hydrogen (secondary N) is 1. The number of carbonyl (C=O) groups is 1. The maximum atomic E-state index is 11.4. The minimum absolute atomic E-state index is 0.0678. The summed E-state index contributed by atoms with van der Waals surface area (Å²) in [4.78, 5) is 16.4. The number of aromatic carboxylic acids is 1. The second kappa shape index (κ2) is 6.97. The highest BCUT2D eigenvalue weighted by Gasteiger charge is 2.15. The SMILES string of the molecule is O=C(O)c1ccccc1Nn1c(O)c(C=c2cc3c(o2)=c2ccccc2=N3)sc1=S. The van der Waals surface area contributed by atoms with E-state index in [4.69, 9.17) is 16.6 Å². The maximum absolute atomic E-state index is 11.4. The van der Waals surface area contributed by atoms with Crippen LogP contribution in [0.1, 0.15) is 15.2 Å². The predicted molar refractivity (Wildman–Crippen MR) is 114 cm³/mol. The van der Waals surface area contributed by atoms with E-state index in [1.54, 1.807) is 30.3 Å².